The van der Waals surface area contributed by atoms with Gasteiger partial charge in [0.15, 0.2) is 0 Å². The summed E-state index contributed by atoms with van der Waals surface area (Å²) in [5.74, 6) is 0.765. The summed E-state index contributed by atoms with van der Waals surface area (Å²) in [5, 5.41) is 12.2. The number of aliphatic hydroxyl groups is 1. The quantitative estimate of drug-likeness (QED) is 0.709. The summed E-state index contributed by atoms with van der Waals surface area (Å²) in [4.78, 5) is 11.7. The lowest BCUT2D eigenvalue weighted by Crippen LogP contribution is -2.34. The molecule has 0 atom stereocenters. The normalized spacial score (nSPS) is 11.2. The van der Waals surface area contributed by atoms with Gasteiger partial charge in [-0.3, -0.25) is 0 Å². The lowest BCUT2D eigenvalue weighted by Gasteiger charge is -2.20. The highest BCUT2D eigenvalue weighted by atomic mass is 16.6. The summed E-state index contributed by atoms with van der Waals surface area (Å²) in [7, 11) is 0. The standard InChI is InChI=1S/C23H31NO4/c1-15-12-19(27-11-10-24-22(26)28-23(4,5)6)13-16(2)21(15)20-9-7-8-18(14-25)17(20)3/h7-9,12-13,25H,10-11,14H2,1-6H3,(H,24,26). The van der Waals surface area contributed by atoms with E-state index in [-0.39, 0.29) is 6.61 Å². The summed E-state index contributed by atoms with van der Waals surface area (Å²) in [6, 6.07) is 10.00. The average molecular weight is 386 g/mol. The molecule has 0 bridgehead atoms. The maximum absolute atomic E-state index is 11.7. The molecule has 0 heterocycles. The molecule has 0 aliphatic carbocycles. The van der Waals surface area contributed by atoms with Gasteiger partial charge < -0.3 is 19.9 Å². The predicted octanol–water partition coefficient (Wildman–Crippen LogP) is 4.67. The first-order valence-corrected chi connectivity index (χ1v) is 9.53. The molecule has 0 fully saturated rings. The lowest BCUT2D eigenvalue weighted by atomic mass is 9.90. The number of aliphatic hydroxyl groups excluding tert-OH is 1. The van der Waals surface area contributed by atoms with E-state index in [0.29, 0.717) is 13.2 Å². The number of aryl methyl sites for hydroxylation is 2. The first-order chi connectivity index (χ1) is 13.1. The second-order valence-electron chi connectivity index (χ2n) is 7.96. The van der Waals surface area contributed by atoms with Crippen molar-refractivity contribution in [3.8, 4) is 16.9 Å². The van der Waals surface area contributed by atoms with Crippen molar-refractivity contribution in [1.29, 1.82) is 0 Å². The molecular weight excluding hydrogens is 354 g/mol. The Labute approximate surface area is 167 Å². The molecule has 0 saturated heterocycles. The van der Waals surface area contributed by atoms with Crippen LogP contribution < -0.4 is 10.1 Å². The van der Waals surface area contributed by atoms with Crippen molar-refractivity contribution in [1.82, 2.24) is 5.32 Å². The zero-order chi connectivity index (χ0) is 20.9. The van der Waals surface area contributed by atoms with Gasteiger partial charge in [0.2, 0.25) is 0 Å². The Balaban J connectivity index is 2.05. The van der Waals surface area contributed by atoms with Crippen molar-refractivity contribution in [3.05, 3.63) is 52.6 Å². The van der Waals surface area contributed by atoms with Gasteiger partial charge in [-0.25, -0.2) is 4.79 Å². The second-order valence-corrected chi connectivity index (χ2v) is 7.96. The van der Waals surface area contributed by atoms with E-state index in [1.165, 1.54) is 0 Å². The third-order valence-corrected chi connectivity index (χ3v) is 4.43. The Morgan fingerprint density at radius 1 is 1.11 bits per heavy atom. The van der Waals surface area contributed by atoms with Gasteiger partial charge in [-0.2, -0.15) is 0 Å². The number of hydrogen-bond acceptors (Lipinski definition) is 4. The van der Waals surface area contributed by atoms with Crippen LogP contribution in [0.25, 0.3) is 11.1 Å². The Bertz CT molecular complexity index is 814. The number of hydrogen-bond donors (Lipinski definition) is 2. The minimum Gasteiger partial charge on any atom is -0.492 e. The SMILES string of the molecule is Cc1cc(OCCNC(=O)OC(C)(C)C)cc(C)c1-c1cccc(CO)c1C. The smallest absolute Gasteiger partial charge is 0.407 e. The number of benzene rings is 2. The Hall–Kier alpha value is -2.53. The summed E-state index contributed by atoms with van der Waals surface area (Å²) < 4.78 is 11.0. The van der Waals surface area contributed by atoms with Crippen LogP contribution >= 0.6 is 0 Å². The van der Waals surface area contributed by atoms with E-state index in [4.69, 9.17) is 9.47 Å². The lowest BCUT2D eigenvalue weighted by molar-refractivity contribution is 0.0520. The van der Waals surface area contributed by atoms with Gasteiger partial charge in [0.25, 0.3) is 0 Å². The van der Waals surface area contributed by atoms with Crippen LogP contribution in [0.15, 0.2) is 30.3 Å². The number of ether oxygens (including phenoxy) is 2. The van der Waals surface area contributed by atoms with Crippen molar-refractivity contribution in [2.45, 2.75) is 53.8 Å². The highest BCUT2D eigenvalue weighted by Crippen LogP contribution is 2.34. The molecule has 28 heavy (non-hydrogen) atoms. The van der Waals surface area contributed by atoms with Gasteiger partial charge >= 0.3 is 6.09 Å². The van der Waals surface area contributed by atoms with E-state index in [9.17, 15) is 9.90 Å². The van der Waals surface area contributed by atoms with Crippen LogP contribution in [-0.2, 0) is 11.3 Å². The van der Waals surface area contributed by atoms with Crippen LogP contribution in [0.5, 0.6) is 5.75 Å². The minimum absolute atomic E-state index is 0.0314. The molecule has 0 spiro atoms. The Morgan fingerprint density at radius 3 is 2.32 bits per heavy atom. The number of amides is 1. The molecule has 5 nitrogen and oxygen atoms in total. The number of alkyl carbamates (subject to hydrolysis) is 1. The number of nitrogens with one attached hydrogen (secondary N) is 1. The van der Waals surface area contributed by atoms with Crippen molar-refractivity contribution in [3.63, 3.8) is 0 Å². The molecule has 152 valence electrons. The zero-order valence-corrected chi connectivity index (χ0v) is 17.7. The van der Waals surface area contributed by atoms with Gasteiger partial charge in [0, 0.05) is 0 Å². The van der Waals surface area contributed by atoms with Crippen LogP contribution in [0.2, 0.25) is 0 Å². The van der Waals surface area contributed by atoms with Gasteiger partial charge in [0.1, 0.15) is 18.0 Å². The Morgan fingerprint density at radius 2 is 1.75 bits per heavy atom. The highest BCUT2D eigenvalue weighted by Gasteiger charge is 2.16. The van der Waals surface area contributed by atoms with E-state index in [2.05, 4.69) is 25.2 Å². The summed E-state index contributed by atoms with van der Waals surface area (Å²) in [5.41, 5.74) is 6.00. The van der Waals surface area contributed by atoms with Gasteiger partial charge in [0.05, 0.1) is 13.2 Å². The molecule has 0 radical (unpaired) electrons. The van der Waals surface area contributed by atoms with Crippen LogP contribution in [0.3, 0.4) is 0 Å². The predicted molar refractivity (Wildman–Crippen MR) is 112 cm³/mol. The summed E-state index contributed by atoms with van der Waals surface area (Å²) in [6.07, 6.45) is -0.446. The van der Waals surface area contributed by atoms with E-state index < -0.39 is 11.7 Å². The fourth-order valence-electron chi connectivity index (χ4n) is 3.19. The fraction of sp³-hybridized carbons (Fsp3) is 0.435. The van der Waals surface area contributed by atoms with Crippen LogP contribution in [0, 0.1) is 20.8 Å². The molecule has 2 rings (SSSR count). The molecule has 2 N–H and O–H groups in total. The summed E-state index contributed by atoms with van der Waals surface area (Å²) in [6.45, 7) is 12.4. The summed E-state index contributed by atoms with van der Waals surface area (Å²) >= 11 is 0. The molecule has 0 saturated carbocycles. The first-order valence-electron chi connectivity index (χ1n) is 9.53. The van der Waals surface area contributed by atoms with Crippen molar-refractivity contribution in [2.24, 2.45) is 0 Å². The van der Waals surface area contributed by atoms with E-state index in [0.717, 1.165) is 39.1 Å². The molecule has 0 aliphatic rings. The van der Waals surface area contributed by atoms with Gasteiger partial charge in [-0.1, -0.05) is 18.2 Å². The largest absolute Gasteiger partial charge is 0.492 e. The van der Waals surface area contributed by atoms with Gasteiger partial charge in [-0.05, 0) is 87.1 Å². The molecular formula is C23H31NO4. The minimum atomic E-state index is -0.513. The van der Waals surface area contributed by atoms with Crippen molar-refractivity contribution in [2.75, 3.05) is 13.2 Å². The van der Waals surface area contributed by atoms with Crippen LogP contribution in [0.1, 0.15) is 43.0 Å². The molecule has 5 heteroatoms. The number of rotatable bonds is 6. The third kappa shape index (κ3) is 5.73. The van der Waals surface area contributed by atoms with E-state index in [1.54, 1.807) is 0 Å². The van der Waals surface area contributed by atoms with Crippen molar-refractivity contribution >= 4 is 6.09 Å². The van der Waals surface area contributed by atoms with E-state index in [1.807, 2.05) is 52.0 Å². The number of carbonyl (C=O) groups excluding carboxylic acids is 1. The van der Waals surface area contributed by atoms with Crippen molar-refractivity contribution < 1.29 is 19.4 Å². The fourth-order valence-corrected chi connectivity index (χ4v) is 3.19. The van der Waals surface area contributed by atoms with Crippen LogP contribution in [-0.4, -0.2) is 30.0 Å². The third-order valence-electron chi connectivity index (χ3n) is 4.43. The first kappa shape index (κ1) is 21.8. The number of carbonyl (C=O) groups is 1. The molecule has 2 aromatic carbocycles. The van der Waals surface area contributed by atoms with Crippen LogP contribution in [0.4, 0.5) is 4.79 Å². The topological polar surface area (TPSA) is 67.8 Å². The maximum atomic E-state index is 11.7. The average Bonchev–Trinajstić information content (AvgIpc) is 2.58. The molecule has 2 aromatic rings. The molecule has 0 aliphatic heterocycles. The highest BCUT2D eigenvalue weighted by molar-refractivity contribution is 5.75. The zero-order valence-electron chi connectivity index (χ0n) is 17.7. The second kappa shape index (κ2) is 9.11. The maximum Gasteiger partial charge on any atom is 0.407 e. The molecule has 0 unspecified atom stereocenters. The molecule has 0 aromatic heterocycles. The van der Waals surface area contributed by atoms with Gasteiger partial charge in [-0.15, -0.1) is 0 Å². The molecule has 1 amide bonds. The van der Waals surface area contributed by atoms with E-state index >= 15 is 0 Å². The monoisotopic (exact) mass is 385 g/mol. The Kier molecular flexibility index (Phi) is 7.08.